The lowest BCUT2D eigenvalue weighted by Crippen LogP contribution is -2.18. The third-order valence-electron chi connectivity index (χ3n) is 2.53. The molecule has 2 atom stereocenters. The second kappa shape index (κ2) is 5.28. The molecule has 1 aromatic carbocycles. The summed E-state index contributed by atoms with van der Waals surface area (Å²) in [5, 5.41) is 8.68. The van der Waals surface area contributed by atoms with Crippen molar-refractivity contribution in [3.63, 3.8) is 0 Å². The summed E-state index contributed by atoms with van der Waals surface area (Å²) in [4.78, 5) is 20.2. The Hall–Kier alpha value is -1.12. The summed E-state index contributed by atoms with van der Waals surface area (Å²) < 4.78 is 11.7. The van der Waals surface area contributed by atoms with Crippen LogP contribution in [0.5, 0.6) is 0 Å². The molecule has 88 valence electrons. The van der Waals surface area contributed by atoms with Crippen molar-refractivity contribution < 1.29 is 19.4 Å². The van der Waals surface area contributed by atoms with Gasteiger partial charge in [0.25, 0.3) is 0 Å². The first-order valence-electron chi connectivity index (χ1n) is 5.01. The van der Waals surface area contributed by atoms with Crippen molar-refractivity contribution in [2.75, 3.05) is 6.16 Å². The molecule has 0 aromatic heterocycles. The topological polar surface area (TPSA) is 74.6 Å². The minimum Gasteiger partial charge on any atom is -0.481 e. The lowest BCUT2D eigenvalue weighted by Gasteiger charge is -2.15. The standard InChI is InChI=1S/C11H15O4P/c1-9(11(12)13)16(14,15)8-7-10-5-3-2-4-6-10/h2-6,9H,7-8H2,1H3,(H,12,13)(H,14,15). The maximum atomic E-state index is 11.7. The van der Waals surface area contributed by atoms with Crippen LogP contribution in [0.4, 0.5) is 0 Å². The summed E-state index contributed by atoms with van der Waals surface area (Å²) >= 11 is 0. The van der Waals surface area contributed by atoms with Crippen molar-refractivity contribution in [1.82, 2.24) is 0 Å². The molecule has 0 amide bonds. The summed E-state index contributed by atoms with van der Waals surface area (Å²) in [6, 6.07) is 9.26. The summed E-state index contributed by atoms with van der Waals surface area (Å²) in [5.41, 5.74) is -0.259. The molecule has 0 heterocycles. The van der Waals surface area contributed by atoms with E-state index in [9.17, 15) is 14.3 Å². The first-order valence-corrected chi connectivity index (χ1v) is 6.93. The molecule has 0 aliphatic carbocycles. The fourth-order valence-electron chi connectivity index (χ4n) is 1.30. The highest BCUT2D eigenvalue weighted by molar-refractivity contribution is 7.59. The van der Waals surface area contributed by atoms with Crippen LogP contribution in [-0.4, -0.2) is 27.8 Å². The van der Waals surface area contributed by atoms with E-state index < -0.39 is 19.0 Å². The van der Waals surface area contributed by atoms with Crippen LogP contribution in [-0.2, 0) is 15.8 Å². The van der Waals surface area contributed by atoms with Gasteiger partial charge in [0.15, 0.2) is 0 Å². The monoisotopic (exact) mass is 242 g/mol. The average molecular weight is 242 g/mol. The number of rotatable bonds is 5. The predicted molar refractivity (Wildman–Crippen MR) is 61.9 cm³/mol. The molecule has 1 aromatic rings. The van der Waals surface area contributed by atoms with Crippen molar-refractivity contribution >= 4 is 13.3 Å². The van der Waals surface area contributed by atoms with Crippen LogP contribution < -0.4 is 0 Å². The molecule has 0 aliphatic heterocycles. The van der Waals surface area contributed by atoms with Crippen LogP contribution in [0.3, 0.4) is 0 Å². The fourth-order valence-corrected chi connectivity index (χ4v) is 2.61. The molecule has 2 N–H and O–H groups in total. The summed E-state index contributed by atoms with van der Waals surface area (Å²) in [6.07, 6.45) is 0.427. The van der Waals surface area contributed by atoms with Crippen LogP contribution in [0.25, 0.3) is 0 Å². The number of carboxylic acid groups (broad SMARTS) is 1. The number of carboxylic acids is 1. The van der Waals surface area contributed by atoms with Gasteiger partial charge in [-0.25, -0.2) is 0 Å². The van der Waals surface area contributed by atoms with Gasteiger partial charge in [-0.1, -0.05) is 30.3 Å². The zero-order chi connectivity index (χ0) is 12.2. The smallest absolute Gasteiger partial charge is 0.316 e. The third kappa shape index (κ3) is 3.47. The predicted octanol–water partition coefficient (Wildman–Crippen LogP) is 1.97. The SMILES string of the molecule is CC(C(=O)O)P(=O)(O)CCc1ccccc1. The van der Waals surface area contributed by atoms with Gasteiger partial charge in [0.05, 0.1) is 0 Å². The van der Waals surface area contributed by atoms with E-state index in [0.29, 0.717) is 6.42 Å². The molecular formula is C11H15O4P. The van der Waals surface area contributed by atoms with Crippen molar-refractivity contribution in [1.29, 1.82) is 0 Å². The van der Waals surface area contributed by atoms with Gasteiger partial charge in [-0.2, -0.15) is 0 Å². The van der Waals surface area contributed by atoms with E-state index in [-0.39, 0.29) is 6.16 Å². The van der Waals surface area contributed by atoms with E-state index >= 15 is 0 Å². The third-order valence-corrected chi connectivity index (χ3v) is 4.82. The van der Waals surface area contributed by atoms with Crippen molar-refractivity contribution in [2.24, 2.45) is 0 Å². The van der Waals surface area contributed by atoms with Gasteiger partial charge in [-0.15, -0.1) is 0 Å². The van der Waals surface area contributed by atoms with Gasteiger partial charge in [0.1, 0.15) is 5.66 Å². The minimum absolute atomic E-state index is 0.00444. The molecule has 1 rings (SSSR count). The molecule has 0 radical (unpaired) electrons. The van der Waals surface area contributed by atoms with Gasteiger partial charge in [-0.05, 0) is 18.9 Å². The van der Waals surface area contributed by atoms with E-state index in [1.807, 2.05) is 30.3 Å². The van der Waals surface area contributed by atoms with Crippen LogP contribution >= 0.6 is 7.37 Å². The number of benzene rings is 1. The molecule has 4 nitrogen and oxygen atoms in total. The van der Waals surface area contributed by atoms with Gasteiger partial charge in [0.2, 0.25) is 7.37 Å². The second-order valence-corrected chi connectivity index (χ2v) is 6.46. The van der Waals surface area contributed by atoms with E-state index in [1.165, 1.54) is 6.92 Å². The first-order chi connectivity index (χ1) is 7.43. The molecule has 0 spiro atoms. The molecule has 0 aliphatic rings. The summed E-state index contributed by atoms with van der Waals surface area (Å²) in [5.74, 6) is -1.22. The zero-order valence-electron chi connectivity index (χ0n) is 9.04. The molecule has 16 heavy (non-hydrogen) atoms. The van der Waals surface area contributed by atoms with Crippen molar-refractivity contribution in [2.45, 2.75) is 19.0 Å². The minimum atomic E-state index is -3.60. The van der Waals surface area contributed by atoms with Crippen LogP contribution in [0.1, 0.15) is 12.5 Å². The van der Waals surface area contributed by atoms with Gasteiger partial charge in [0, 0.05) is 6.16 Å². The van der Waals surface area contributed by atoms with Crippen LogP contribution in [0, 0.1) is 0 Å². The normalized spacial score (nSPS) is 16.4. The van der Waals surface area contributed by atoms with Gasteiger partial charge >= 0.3 is 5.97 Å². The first kappa shape index (κ1) is 12.9. The number of aliphatic carboxylic acids is 1. The Morgan fingerprint density at radius 1 is 1.38 bits per heavy atom. The van der Waals surface area contributed by atoms with E-state index in [0.717, 1.165) is 5.56 Å². The zero-order valence-corrected chi connectivity index (χ0v) is 9.93. The molecule has 0 bridgehead atoms. The van der Waals surface area contributed by atoms with Crippen LogP contribution in [0.2, 0.25) is 0 Å². The Morgan fingerprint density at radius 2 is 1.94 bits per heavy atom. The Bertz CT molecular complexity index is 402. The highest BCUT2D eigenvalue weighted by Gasteiger charge is 2.32. The lowest BCUT2D eigenvalue weighted by molar-refractivity contribution is -0.136. The Balaban J connectivity index is 2.61. The molecule has 5 heteroatoms. The van der Waals surface area contributed by atoms with E-state index in [1.54, 1.807) is 0 Å². The van der Waals surface area contributed by atoms with Crippen molar-refractivity contribution in [3.8, 4) is 0 Å². The summed E-state index contributed by atoms with van der Waals surface area (Å²) in [7, 11) is -3.60. The average Bonchev–Trinajstić information content (AvgIpc) is 2.27. The van der Waals surface area contributed by atoms with Crippen LogP contribution in [0.15, 0.2) is 30.3 Å². The molecule has 0 saturated carbocycles. The van der Waals surface area contributed by atoms with Gasteiger partial charge in [-0.3, -0.25) is 9.36 Å². The Kier molecular flexibility index (Phi) is 4.27. The Morgan fingerprint density at radius 3 is 2.44 bits per heavy atom. The largest absolute Gasteiger partial charge is 0.481 e. The molecule has 0 fully saturated rings. The molecule has 0 saturated heterocycles. The fraction of sp³-hybridized carbons (Fsp3) is 0.364. The maximum absolute atomic E-state index is 11.7. The Labute approximate surface area is 94.4 Å². The molecular weight excluding hydrogens is 227 g/mol. The van der Waals surface area contributed by atoms with Gasteiger partial charge < -0.3 is 10.00 Å². The lowest BCUT2D eigenvalue weighted by atomic mass is 10.2. The summed E-state index contributed by atoms with van der Waals surface area (Å²) in [6.45, 7) is 1.27. The second-order valence-electron chi connectivity index (χ2n) is 3.73. The number of hydrogen-bond donors (Lipinski definition) is 2. The highest BCUT2D eigenvalue weighted by Crippen LogP contribution is 2.46. The van der Waals surface area contributed by atoms with E-state index in [4.69, 9.17) is 5.11 Å². The maximum Gasteiger partial charge on any atom is 0.316 e. The number of carbonyl (C=O) groups is 1. The van der Waals surface area contributed by atoms with Crippen molar-refractivity contribution in [3.05, 3.63) is 35.9 Å². The quantitative estimate of drug-likeness (QED) is 0.774. The molecule has 2 unspecified atom stereocenters. The van der Waals surface area contributed by atoms with E-state index in [2.05, 4.69) is 0 Å². The number of aryl methyl sites for hydroxylation is 1. The number of hydrogen-bond acceptors (Lipinski definition) is 2. The highest BCUT2D eigenvalue weighted by atomic mass is 31.2.